The van der Waals surface area contributed by atoms with Crippen molar-refractivity contribution in [3.05, 3.63) is 65.0 Å². The van der Waals surface area contributed by atoms with Gasteiger partial charge in [-0.15, -0.1) is 0 Å². The van der Waals surface area contributed by atoms with Gasteiger partial charge in [0.05, 0.1) is 0 Å². The van der Waals surface area contributed by atoms with Gasteiger partial charge in [-0.1, -0.05) is 12.1 Å². The van der Waals surface area contributed by atoms with E-state index < -0.39 is 17.4 Å². The maximum atomic E-state index is 13.2. The maximum Gasteiger partial charge on any atom is 0.187 e. The van der Waals surface area contributed by atoms with E-state index in [4.69, 9.17) is 5.11 Å². The summed E-state index contributed by atoms with van der Waals surface area (Å²) in [6.45, 7) is 2.02. The molecule has 0 saturated carbocycles. The molecule has 0 aromatic heterocycles. The molecular weight excluding hydrogens is 267 g/mol. The molecule has 0 spiro atoms. The molecule has 0 fully saturated rings. The maximum absolute atomic E-state index is 13.2. The summed E-state index contributed by atoms with van der Waals surface area (Å²) in [6.07, 6.45) is 0. The molecule has 0 aliphatic carbocycles. The second-order valence-electron chi connectivity index (χ2n) is 4.57. The highest BCUT2D eigenvalue weighted by Gasteiger charge is 2.11. The van der Waals surface area contributed by atoms with Crippen molar-refractivity contribution in [3.63, 3.8) is 0 Å². The topological polar surface area (TPSA) is 32.3 Å². The Morgan fingerprint density at radius 1 is 1.10 bits per heavy atom. The molecule has 1 atom stereocenters. The van der Waals surface area contributed by atoms with Gasteiger partial charge < -0.3 is 10.4 Å². The van der Waals surface area contributed by atoms with Crippen LogP contribution in [0.25, 0.3) is 0 Å². The number of benzene rings is 2. The lowest BCUT2D eigenvalue weighted by Crippen LogP contribution is -2.18. The Hall–Kier alpha value is -2.01. The van der Waals surface area contributed by atoms with Crippen molar-refractivity contribution in [2.75, 3.05) is 0 Å². The van der Waals surface area contributed by atoms with E-state index in [1.54, 1.807) is 12.1 Å². The van der Waals surface area contributed by atoms with Crippen LogP contribution in [-0.2, 0) is 6.54 Å². The first-order valence-corrected chi connectivity index (χ1v) is 6.13. The Morgan fingerprint density at radius 2 is 1.75 bits per heavy atom. The van der Waals surface area contributed by atoms with Crippen LogP contribution < -0.4 is 5.32 Å². The molecule has 0 unspecified atom stereocenters. The fraction of sp³-hybridized carbons (Fsp3) is 0.200. The first-order chi connectivity index (χ1) is 9.47. The lowest BCUT2D eigenvalue weighted by atomic mass is 10.1. The summed E-state index contributed by atoms with van der Waals surface area (Å²) in [7, 11) is 0. The van der Waals surface area contributed by atoms with Crippen molar-refractivity contribution in [2.45, 2.75) is 19.5 Å². The molecule has 2 aromatic rings. The number of hydrogen-bond donors (Lipinski definition) is 2. The van der Waals surface area contributed by atoms with Crippen LogP contribution in [0.4, 0.5) is 13.2 Å². The summed E-state index contributed by atoms with van der Waals surface area (Å²) in [5, 5.41) is 12.0. The van der Waals surface area contributed by atoms with Gasteiger partial charge in [-0.05, 0) is 42.3 Å². The number of phenolic OH excluding ortho intramolecular Hbond substituents is 1. The third-order valence-corrected chi connectivity index (χ3v) is 3.04. The van der Waals surface area contributed by atoms with Crippen LogP contribution in [0.15, 0.2) is 36.4 Å². The van der Waals surface area contributed by atoms with Gasteiger partial charge in [0.25, 0.3) is 0 Å². The summed E-state index contributed by atoms with van der Waals surface area (Å²) < 4.78 is 39.4. The smallest absolute Gasteiger partial charge is 0.187 e. The van der Waals surface area contributed by atoms with E-state index >= 15 is 0 Å². The molecule has 2 aromatic carbocycles. The predicted molar refractivity (Wildman–Crippen MR) is 69.7 cm³/mol. The van der Waals surface area contributed by atoms with Gasteiger partial charge in [-0.3, -0.25) is 0 Å². The minimum absolute atomic E-state index is 0.175. The molecule has 0 bridgehead atoms. The average molecular weight is 281 g/mol. The second-order valence-corrected chi connectivity index (χ2v) is 4.57. The summed E-state index contributed by atoms with van der Waals surface area (Å²) >= 11 is 0. The Labute approximate surface area is 114 Å². The van der Waals surface area contributed by atoms with Gasteiger partial charge >= 0.3 is 0 Å². The zero-order valence-corrected chi connectivity index (χ0v) is 10.8. The number of aromatic hydroxyl groups is 1. The molecule has 0 radical (unpaired) electrons. The molecule has 5 heteroatoms. The Bertz CT molecular complexity index is 593. The molecule has 106 valence electrons. The molecular formula is C15H14F3NO. The minimum Gasteiger partial charge on any atom is -0.503 e. The summed E-state index contributed by atoms with van der Waals surface area (Å²) in [5.74, 6) is -3.31. The fourth-order valence-electron chi connectivity index (χ4n) is 1.88. The van der Waals surface area contributed by atoms with Gasteiger partial charge in [-0.2, -0.15) is 0 Å². The van der Waals surface area contributed by atoms with E-state index in [9.17, 15) is 13.2 Å². The normalized spacial score (nSPS) is 12.4. The third kappa shape index (κ3) is 3.30. The average Bonchev–Trinajstić information content (AvgIpc) is 2.42. The van der Waals surface area contributed by atoms with Gasteiger partial charge in [0, 0.05) is 12.6 Å². The molecule has 0 heterocycles. The SMILES string of the molecule is C[C@H](NCc1cc(F)c(O)c(F)c1)c1cccc(F)c1. The highest BCUT2D eigenvalue weighted by Crippen LogP contribution is 2.22. The van der Waals surface area contributed by atoms with Crippen LogP contribution in [0.5, 0.6) is 5.75 Å². The van der Waals surface area contributed by atoms with Crippen molar-refractivity contribution >= 4 is 0 Å². The van der Waals surface area contributed by atoms with Crippen LogP contribution in [0.2, 0.25) is 0 Å². The van der Waals surface area contributed by atoms with Crippen molar-refractivity contribution < 1.29 is 18.3 Å². The van der Waals surface area contributed by atoms with E-state index in [0.717, 1.165) is 17.7 Å². The van der Waals surface area contributed by atoms with Crippen LogP contribution in [0.3, 0.4) is 0 Å². The quantitative estimate of drug-likeness (QED) is 0.896. The number of phenols is 1. The number of nitrogens with one attached hydrogen (secondary N) is 1. The van der Waals surface area contributed by atoms with Crippen LogP contribution in [0.1, 0.15) is 24.1 Å². The summed E-state index contributed by atoms with van der Waals surface area (Å²) in [4.78, 5) is 0. The van der Waals surface area contributed by atoms with Gasteiger partial charge in [-0.25, -0.2) is 13.2 Å². The van der Waals surface area contributed by atoms with Crippen molar-refractivity contribution in [3.8, 4) is 5.75 Å². The summed E-state index contributed by atoms with van der Waals surface area (Å²) in [5.41, 5.74) is 1.10. The number of halogens is 3. The molecule has 2 nitrogen and oxygen atoms in total. The van der Waals surface area contributed by atoms with Crippen molar-refractivity contribution in [1.82, 2.24) is 5.32 Å². The largest absolute Gasteiger partial charge is 0.503 e. The molecule has 2 rings (SSSR count). The highest BCUT2D eigenvalue weighted by atomic mass is 19.1. The summed E-state index contributed by atoms with van der Waals surface area (Å²) in [6, 6.07) is 8.05. The Kier molecular flexibility index (Phi) is 4.29. The number of hydrogen-bond acceptors (Lipinski definition) is 2. The van der Waals surface area contributed by atoms with E-state index in [0.29, 0.717) is 5.56 Å². The molecule has 0 saturated heterocycles. The zero-order valence-electron chi connectivity index (χ0n) is 10.8. The van der Waals surface area contributed by atoms with E-state index in [2.05, 4.69) is 5.32 Å². The standard InChI is InChI=1S/C15H14F3NO/c1-9(11-3-2-4-12(16)7-11)19-8-10-5-13(17)15(20)14(18)6-10/h2-7,9,19-20H,8H2,1H3/t9-/m0/s1. The lowest BCUT2D eigenvalue weighted by Gasteiger charge is -2.14. The minimum atomic E-state index is -1.000. The van der Waals surface area contributed by atoms with Crippen molar-refractivity contribution in [1.29, 1.82) is 0 Å². The molecule has 0 aliphatic rings. The van der Waals surface area contributed by atoms with Gasteiger partial charge in [0.15, 0.2) is 17.4 Å². The first kappa shape index (κ1) is 14.4. The van der Waals surface area contributed by atoms with E-state index in [-0.39, 0.29) is 18.4 Å². The predicted octanol–water partition coefficient (Wildman–Crippen LogP) is 3.66. The zero-order chi connectivity index (χ0) is 14.7. The Morgan fingerprint density at radius 3 is 2.35 bits per heavy atom. The molecule has 2 N–H and O–H groups in total. The highest BCUT2D eigenvalue weighted by molar-refractivity contribution is 5.30. The van der Waals surface area contributed by atoms with E-state index in [1.165, 1.54) is 12.1 Å². The lowest BCUT2D eigenvalue weighted by molar-refractivity contribution is 0.394. The molecule has 0 amide bonds. The second kappa shape index (κ2) is 5.96. The monoisotopic (exact) mass is 281 g/mol. The number of rotatable bonds is 4. The van der Waals surface area contributed by atoms with Crippen LogP contribution >= 0.6 is 0 Å². The van der Waals surface area contributed by atoms with Crippen molar-refractivity contribution in [2.24, 2.45) is 0 Å². The van der Waals surface area contributed by atoms with Crippen LogP contribution in [0, 0.1) is 17.5 Å². The van der Waals surface area contributed by atoms with E-state index in [1.807, 2.05) is 6.92 Å². The Balaban J connectivity index is 2.05. The molecule has 0 aliphatic heterocycles. The molecule has 20 heavy (non-hydrogen) atoms. The van der Waals surface area contributed by atoms with Gasteiger partial charge in [0.2, 0.25) is 0 Å². The van der Waals surface area contributed by atoms with Crippen LogP contribution in [-0.4, -0.2) is 5.11 Å². The first-order valence-electron chi connectivity index (χ1n) is 6.13. The third-order valence-electron chi connectivity index (χ3n) is 3.04. The fourth-order valence-corrected chi connectivity index (χ4v) is 1.88. The van der Waals surface area contributed by atoms with Gasteiger partial charge in [0.1, 0.15) is 5.82 Å².